The van der Waals surface area contributed by atoms with Crippen molar-refractivity contribution in [2.75, 3.05) is 26.3 Å². The molecule has 0 aliphatic rings. The number of nitrogens with two attached hydrogens (primary N) is 1. The smallest absolute Gasteiger partial charge is 0.177 e. The van der Waals surface area contributed by atoms with Crippen molar-refractivity contribution >= 4 is 5.78 Å². The Kier molecular flexibility index (Phi) is 5.96. The van der Waals surface area contributed by atoms with Gasteiger partial charge in [0.05, 0.1) is 12.6 Å². The predicted molar refractivity (Wildman–Crippen MR) is 40.0 cm³/mol. The molecule has 0 aromatic heterocycles. The van der Waals surface area contributed by atoms with Crippen molar-refractivity contribution in [3.05, 3.63) is 0 Å². The van der Waals surface area contributed by atoms with Crippen LogP contribution in [0.15, 0.2) is 0 Å². The van der Waals surface area contributed by atoms with E-state index in [-0.39, 0.29) is 6.61 Å². The van der Waals surface area contributed by atoms with Crippen molar-refractivity contribution in [2.45, 2.75) is 6.04 Å². The second-order valence-corrected chi connectivity index (χ2v) is 2.10. The molecule has 0 spiro atoms. The van der Waals surface area contributed by atoms with Gasteiger partial charge >= 0.3 is 0 Å². The Labute approximate surface area is 65.2 Å². The molecule has 0 saturated heterocycles. The van der Waals surface area contributed by atoms with E-state index in [1.54, 1.807) is 0 Å². The fraction of sp³-hybridized carbons (Fsp3) is 0.833. The van der Waals surface area contributed by atoms with E-state index >= 15 is 0 Å². The number of ketones is 1. The third-order valence-electron chi connectivity index (χ3n) is 1.26. The van der Waals surface area contributed by atoms with Crippen LogP contribution in [0, 0.1) is 0 Å². The summed E-state index contributed by atoms with van der Waals surface area (Å²) in [5.41, 5.74) is 5.16. The standard InChI is InChI=1S/C6H14N2O3/c7-1-2-8-5(3-9)6(11)4-10/h5,8-10H,1-4,7H2. The van der Waals surface area contributed by atoms with Crippen molar-refractivity contribution in [2.24, 2.45) is 5.73 Å². The Bertz CT molecular complexity index is 118. The van der Waals surface area contributed by atoms with Gasteiger partial charge in [-0.1, -0.05) is 0 Å². The normalized spacial score (nSPS) is 13.0. The fourth-order valence-corrected chi connectivity index (χ4v) is 0.648. The molecule has 0 bridgehead atoms. The quantitative estimate of drug-likeness (QED) is 0.345. The van der Waals surface area contributed by atoms with Crippen LogP contribution in [-0.4, -0.2) is 48.3 Å². The van der Waals surface area contributed by atoms with Crippen LogP contribution in [0.1, 0.15) is 0 Å². The minimum atomic E-state index is -0.677. The highest BCUT2D eigenvalue weighted by atomic mass is 16.3. The average molecular weight is 162 g/mol. The van der Waals surface area contributed by atoms with Gasteiger partial charge in [-0.25, -0.2) is 0 Å². The maximum absolute atomic E-state index is 10.7. The molecule has 5 heteroatoms. The molecule has 0 aromatic rings. The largest absolute Gasteiger partial charge is 0.394 e. The second-order valence-electron chi connectivity index (χ2n) is 2.10. The molecular formula is C6H14N2O3. The Morgan fingerprint density at radius 2 is 2.18 bits per heavy atom. The Hall–Kier alpha value is -0.490. The van der Waals surface area contributed by atoms with Gasteiger partial charge in [0.2, 0.25) is 0 Å². The summed E-state index contributed by atoms with van der Waals surface area (Å²) in [6.45, 7) is -0.00559. The Morgan fingerprint density at radius 3 is 2.55 bits per heavy atom. The molecule has 0 aliphatic heterocycles. The van der Waals surface area contributed by atoms with Crippen molar-refractivity contribution in [3.63, 3.8) is 0 Å². The first-order valence-corrected chi connectivity index (χ1v) is 3.44. The molecule has 0 saturated carbocycles. The van der Waals surface area contributed by atoms with Crippen molar-refractivity contribution in [3.8, 4) is 0 Å². The molecule has 0 heterocycles. The van der Waals surface area contributed by atoms with Gasteiger partial charge in [-0.2, -0.15) is 0 Å². The molecule has 5 nitrogen and oxygen atoms in total. The molecule has 1 atom stereocenters. The zero-order valence-electron chi connectivity index (χ0n) is 6.29. The van der Waals surface area contributed by atoms with Crippen LogP contribution in [-0.2, 0) is 4.79 Å². The number of carbonyl (C=O) groups is 1. The fourth-order valence-electron chi connectivity index (χ4n) is 0.648. The number of hydrogen-bond donors (Lipinski definition) is 4. The lowest BCUT2D eigenvalue weighted by Gasteiger charge is -2.12. The molecule has 0 amide bonds. The van der Waals surface area contributed by atoms with Gasteiger partial charge in [-0.05, 0) is 0 Å². The highest BCUT2D eigenvalue weighted by molar-refractivity contribution is 5.85. The Balaban J connectivity index is 3.65. The maximum Gasteiger partial charge on any atom is 0.177 e. The summed E-state index contributed by atoms with van der Waals surface area (Å²) < 4.78 is 0. The van der Waals surface area contributed by atoms with E-state index in [9.17, 15) is 4.79 Å². The number of carbonyl (C=O) groups excluding carboxylic acids is 1. The molecule has 11 heavy (non-hydrogen) atoms. The number of aliphatic hydroxyl groups is 2. The lowest BCUT2D eigenvalue weighted by Crippen LogP contribution is -2.43. The molecule has 0 aromatic carbocycles. The number of Topliss-reactive ketones (excluding diaryl/α,β-unsaturated/α-hetero) is 1. The first-order chi connectivity index (χ1) is 5.26. The van der Waals surface area contributed by atoms with E-state index < -0.39 is 18.4 Å². The van der Waals surface area contributed by atoms with E-state index in [0.717, 1.165) is 0 Å². The third kappa shape index (κ3) is 4.05. The summed E-state index contributed by atoms with van der Waals surface area (Å²) in [4.78, 5) is 10.7. The zero-order chi connectivity index (χ0) is 8.69. The first kappa shape index (κ1) is 10.5. The molecule has 1 unspecified atom stereocenters. The van der Waals surface area contributed by atoms with Crippen LogP contribution in [0.25, 0.3) is 0 Å². The highest BCUT2D eigenvalue weighted by Gasteiger charge is 2.14. The van der Waals surface area contributed by atoms with E-state index in [4.69, 9.17) is 15.9 Å². The SMILES string of the molecule is NCCNC(CO)C(=O)CO. The summed E-state index contributed by atoms with van der Waals surface area (Å²) in [5.74, 6) is -0.416. The van der Waals surface area contributed by atoms with Crippen LogP contribution in [0.5, 0.6) is 0 Å². The summed E-state index contributed by atoms with van der Waals surface area (Å²) in [5, 5.41) is 19.7. The molecule has 0 radical (unpaired) electrons. The van der Waals surface area contributed by atoms with Gasteiger partial charge in [0.1, 0.15) is 6.61 Å². The van der Waals surface area contributed by atoms with Gasteiger partial charge in [-0.15, -0.1) is 0 Å². The Morgan fingerprint density at radius 1 is 1.55 bits per heavy atom. The molecular weight excluding hydrogens is 148 g/mol. The average Bonchev–Trinajstić information content (AvgIpc) is 2.05. The number of aliphatic hydroxyl groups excluding tert-OH is 2. The maximum atomic E-state index is 10.7. The number of rotatable bonds is 6. The van der Waals surface area contributed by atoms with Crippen LogP contribution < -0.4 is 11.1 Å². The number of hydrogen-bond acceptors (Lipinski definition) is 5. The lowest BCUT2D eigenvalue weighted by molar-refractivity contribution is -0.124. The van der Waals surface area contributed by atoms with Crippen LogP contribution in [0.2, 0.25) is 0 Å². The summed E-state index contributed by atoms with van der Waals surface area (Å²) in [7, 11) is 0. The minimum Gasteiger partial charge on any atom is -0.394 e. The van der Waals surface area contributed by atoms with Gasteiger partial charge in [0.15, 0.2) is 5.78 Å². The molecule has 66 valence electrons. The summed E-state index contributed by atoms with van der Waals surface area (Å²) in [6.07, 6.45) is 0. The predicted octanol–water partition coefficient (Wildman–Crippen LogP) is -2.54. The van der Waals surface area contributed by atoms with Crippen molar-refractivity contribution < 1.29 is 15.0 Å². The lowest BCUT2D eigenvalue weighted by atomic mass is 10.2. The minimum absolute atomic E-state index is 0.306. The van der Waals surface area contributed by atoms with E-state index in [1.807, 2.05) is 0 Å². The second kappa shape index (κ2) is 6.23. The van der Waals surface area contributed by atoms with Crippen molar-refractivity contribution in [1.29, 1.82) is 0 Å². The zero-order valence-corrected chi connectivity index (χ0v) is 6.29. The summed E-state index contributed by atoms with van der Waals surface area (Å²) >= 11 is 0. The van der Waals surface area contributed by atoms with Crippen molar-refractivity contribution in [1.82, 2.24) is 5.32 Å². The molecule has 0 rings (SSSR count). The molecule has 0 aliphatic carbocycles. The topological polar surface area (TPSA) is 95.6 Å². The van der Waals surface area contributed by atoms with Gasteiger partial charge in [0.25, 0.3) is 0 Å². The number of nitrogens with one attached hydrogen (secondary N) is 1. The van der Waals surface area contributed by atoms with E-state index in [1.165, 1.54) is 0 Å². The van der Waals surface area contributed by atoms with Gasteiger partial charge < -0.3 is 21.3 Å². The van der Waals surface area contributed by atoms with E-state index in [0.29, 0.717) is 13.1 Å². The van der Waals surface area contributed by atoms with Crippen LogP contribution in [0.4, 0.5) is 0 Å². The molecule has 0 fully saturated rings. The van der Waals surface area contributed by atoms with Gasteiger partial charge in [0, 0.05) is 13.1 Å². The third-order valence-corrected chi connectivity index (χ3v) is 1.26. The highest BCUT2D eigenvalue weighted by Crippen LogP contribution is 1.83. The van der Waals surface area contributed by atoms with E-state index in [2.05, 4.69) is 5.32 Å². The van der Waals surface area contributed by atoms with Crippen LogP contribution >= 0.6 is 0 Å². The summed E-state index contributed by atoms with van der Waals surface area (Å²) in [6, 6.07) is -0.677. The van der Waals surface area contributed by atoms with Crippen LogP contribution in [0.3, 0.4) is 0 Å². The van der Waals surface area contributed by atoms with Gasteiger partial charge in [-0.3, -0.25) is 4.79 Å². The monoisotopic (exact) mass is 162 g/mol. The first-order valence-electron chi connectivity index (χ1n) is 3.44. The molecule has 5 N–H and O–H groups in total.